The summed E-state index contributed by atoms with van der Waals surface area (Å²) in [5, 5.41) is 4.43. The maximum atomic E-state index is 12.1. The highest BCUT2D eigenvalue weighted by Crippen LogP contribution is 2.29. The van der Waals surface area contributed by atoms with Gasteiger partial charge in [-0.3, -0.25) is 4.79 Å². The molecule has 0 amide bonds. The Bertz CT molecular complexity index is 708. The lowest BCUT2D eigenvalue weighted by molar-refractivity contribution is -0.0125. The molecule has 3 unspecified atom stereocenters. The van der Waals surface area contributed by atoms with E-state index in [-0.39, 0.29) is 23.7 Å². The lowest BCUT2D eigenvalue weighted by Crippen LogP contribution is -2.60. The highest BCUT2D eigenvalue weighted by Gasteiger charge is 2.39. The van der Waals surface area contributed by atoms with Crippen LogP contribution in [0.25, 0.3) is 10.9 Å². The van der Waals surface area contributed by atoms with Crippen LogP contribution in [0.5, 0.6) is 0 Å². The van der Waals surface area contributed by atoms with Gasteiger partial charge < -0.3 is 20.4 Å². The van der Waals surface area contributed by atoms with Gasteiger partial charge in [-0.05, 0) is 19.4 Å². The van der Waals surface area contributed by atoms with Crippen molar-refractivity contribution in [3.05, 3.63) is 40.7 Å². The minimum Gasteiger partial charge on any atom is -0.377 e. The van der Waals surface area contributed by atoms with Crippen LogP contribution < -0.4 is 16.6 Å². The lowest BCUT2D eigenvalue weighted by Gasteiger charge is -2.43. The molecule has 0 aliphatic heterocycles. The molecule has 3 N–H and O–H groups in total. The second-order valence-corrected chi connectivity index (χ2v) is 5.54. The summed E-state index contributed by atoms with van der Waals surface area (Å²) in [6, 6.07) is 9.61. The fourth-order valence-corrected chi connectivity index (χ4v) is 2.94. The van der Waals surface area contributed by atoms with Gasteiger partial charge in [-0.1, -0.05) is 18.2 Å². The summed E-state index contributed by atoms with van der Waals surface area (Å²) in [5.41, 5.74) is 7.79. The van der Waals surface area contributed by atoms with E-state index in [2.05, 4.69) is 5.32 Å². The van der Waals surface area contributed by atoms with Crippen molar-refractivity contribution in [3.63, 3.8) is 0 Å². The number of para-hydroxylation sites is 1. The Kier molecular flexibility index (Phi) is 3.69. The zero-order valence-corrected chi connectivity index (χ0v) is 12.4. The van der Waals surface area contributed by atoms with Crippen molar-refractivity contribution in [2.45, 2.75) is 31.5 Å². The second-order valence-electron chi connectivity index (χ2n) is 5.54. The molecular weight excluding hydrogens is 266 g/mol. The van der Waals surface area contributed by atoms with Gasteiger partial charge >= 0.3 is 0 Å². The van der Waals surface area contributed by atoms with E-state index in [4.69, 9.17) is 10.5 Å². The first kappa shape index (κ1) is 14.1. The minimum absolute atomic E-state index is 0.0305. The topological polar surface area (TPSA) is 69.3 Å². The van der Waals surface area contributed by atoms with E-state index in [0.29, 0.717) is 6.61 Å². The van der Waals surface area contributed by atoms with Gasteiger partial charge in [0.2, 0.25) is 0 Å². The molecule has 1 aliphatic carbocycles. The molecular formula is C16H21N3O2. The van der Waals surface area contributed by atoms with Gasteiger partial charge in [0.05, 0.1) is 17.7 Å². The van der Waals surface area contributed by atoms with Crippen LogP contribution >= 0.6 is 0 Å². The summed E-state index contributed by atoms with van der Waals surface area (Å²) in [6.07, 6.45) is 0.974. The number of hydrogen-bond donors (Lipinski definition) is 2. The first-order valence-electron chi connectivity index (χ1n) is 7.34. The zero-order valence-electron chi connectivity index (χ0n) is 12.4. The Hall–Kier alpha value is -1.85. The summed E-state index contributed by atoms with van der Waals surface area (Å²) in [6.45, 7) is 2.65. The van der Waals surface area contributed by atoms with Crippen molar-refractivity contribution in [1.29, 1.82) is 0 Å². The molecule has 1 aromatic heterocycles. The highest BCUT2D eigenvalue weighted by molar-refractivity contribution is 5.91. The summed E-state index contributed by atoms with van der Waals surface area (Å²) >= 11 is 0. The SMILES string of the molecule is CCOC1CC(N)C1Nc1cc(=O)n(C)c2ccccc12. The van der Waals surface area contributed by atoms with Crippen LogP contribution in [0.3, 0.4) is 0 Å². The molecule has 2 aromatic rings. The van der Waals surface area contributed by atoms with E-state index >= 15 is 0 Å². The van der Waals surface area contributed by atoms with E-state index < -0.39 is 0 Å². The normalized spacial score (nSPS) is 24.8. The van der Waals surface area contributed by atoms with Crippen LogP contribution in [-0.4, -0.2) is 29.4 Å². The predicted octanol–water partition coefficient (Wildman–Crippen LogP) is 1.46. The Labute approximate surface area is 123 Å². The summed E-state index contributed by atoms with van der Waals surface area (Å²) in [4.78, 5) is 12.1. The van der Waals surface area contributed by atoms with Gasteiger partial charge in [0.1, 0.15) is 0 Å². The number of hydrogen-bond acceptors (Lipinski definition) is 4. The summed E-state index contributed by atoms with van der Waals surface area (Å²) in [7, 11) is 1.78. The first-order chi connectivity index (χ1) is 10.1. The number of ether oxygens (including phenoxy) is 1. The number of pyridine rings is 1. The Morgan fingerprint density at radius 1 is 1.43 bits per heavy atom. The Morgan fingerprint density at radius 2 is 2.19 bits per heavy atom. The molecule has 1 saturated carbocycles. The van der Waals surface area contributed by atoms with Crippen molar-refractivity contribution in [2.75, 3.05) is 11.9 Å². The standard InChI is InChI=1S/C16H21N3O2/c1-3-21-14-8-11(17)16(14)18-12-9-15(20)19(2)13-7-5-4-6-10(12)13/h4-7,9,11,14,16,18H,3,8,17H2,1-2H3. The molecule has 21 heavy (non-hydrogen) atoms. The number of aromatic nitrogens is 1. The molecule has 112 valence electrons. The van der Waals surface area contributed by atoms with Crippen LogP contribution in [0.15, 0.2) is 35.1 Å². The number of fused-ring (bicyclic) bond motifs is 1. The molecule has 0 saturated heterocycles. The zero-order chi connectivity index (χ0) is 15.0. The van der Waals surface area contributed by atoms with Gasteiger partial charge in [-0.25, -0.2) is 0 Å². The third-order valence-corrected chi connectivity index (χ3v) is 4.22. The Balaban J connectivity index is 1.97. The van der Waals surface area contributed by atoms with Gasteiger partial charge in [-0.2, -0.15) is 0 Å². The molecule has 0 bridgehead atoms. The summed E-state index contributed by atoms with van der Waals surface area (Å²) < 4.78 is 7.33. The number of benzene rings is 1. The van der Waals surface area contributed by atoms with Crippen molar-refractivity contribution in [1.82, 2.24) is 4.57 Å². The fraction of sp³-hybridized carbons (Fsp3) is 0.438. The molecule has 0 spiro atoms. The minimum atomic E-state index is -0.0305. The van der Waals surface area contributed by atoms with Crippen LogP contribution in [0.1, 0.15) is 13.3 Å². The van der Waals surface area contributed by atoms with E-state index in [1.165, 1.54) is 0 Å². The lowest BCUT2D eigenvalue weighted by atomic mass is 9.83. The number of rotatable bonds is 4. The summed E-state index contributed by atoms with van der Waals surface area (Å²) in [5.74, 6) is 0. The molecule has 3 rings (SSSR count). The maximum Gasteiger partial charge on any atom is 0.252 e. The van der Waals surface area contributed by atoms with Gasteiger partial charge in [0.15, 0.2) is 0 Å². The third kappa shape index (κ3) is 2.43. The van der Waals surface area contributed by atoms with Crippen molar-refractivity contribution in [3.8, 4) is 0 Å². The molecule has 1 heterocycles. The monoisotopic (exact) mass is 287 g/mol. The fourth-order valence-electron chi connectivity index (χ4n) is 2.94. The van der Waals surface area contributed by atoms with Crippen molar-refractivity contribution in [2.24, 2.45) is 12.8 Å². The quantitative estimate of drug-likeness (QED) is 0.893. The van der Waals surface area contributed by atoms with Gasteiger partial charge in [-0.15, -0.1) is 0 Å². The molecule has 1 aliphatic rings. The highest BCUT2D eigenvalue weighted by atomic mass is 16.5. The molecule has 3 atom stereocenters. The number of aryl methyl sites for hydroxylation is 1. The number of nitrogens with one attached hydrogen (secondary N) is 1. The third-order valence-electron chi connectivity index (χ3n) is 4.22. The molecule has 5 nitrogen and oxygen atoms in total. The van der Waals surface area contributed by atoms with E-state index in [1.807, 2.05) is 31.2 Å². The smallest absolute Gasteiger partial charge is 0.252 e. The van der Waals surface area contributed by atoms with Crippen molar-refractivity contribution < 1.29 is 4.74 Å². The van der Waals surface area contributed by atoms with Crippen LogP contribution in [0.2, 0.25) is 0 Å². The number of anilines is 1. The molecule has 0 radical (unpaired) electrons. The van der Waals surface area contributed by atoms with E-state index in [0.717, 1.165) is 23.0 Å². The molecule has 1 aromatic carbocycles. The van der Waals surface area contributed by atoms with E-state index in [9.17, 15) is 4.79 Å². The van der Waals surface area contributed by atoms with Gasteiger partial charge in [0.25, 0.3) is 5.56 Å². The van der Waals surface area contributed by atoms with Crippen molar-refractivity contribution >= 4 is 16.6 Å². The van der Waals surface area contributed by atoms with Crippen LogP contribution in [0.4, 0.5) is 5.69 Å². The predicted molar refractivity (Wildman–Crippen MR) is 84.6 cm³/mol. The number of nitrogens with zero attached hydrogens (tertiary/aromatic N) is 1. The molecule has 1 fully saturated rings. The van der Waals surface area contributed by atoms with E-state index in [1.54, 1.807) is 17.7 Å². The first-order valence-corrected chi connectivity index (χ1v) is 7.34. The molecule has 5 heteroatoms. The number of nitrogens with two attached hydrogens (primary N) is 1. The van der Waals surface area contributed by atoms with Gasteiger partial charge in [0, 0.05) is 36.8 Å². The van der Waals surface area contributed by atoms with Crippen LogP contribution in [0, 0.1) is 0 Å². The maximum absolute atomic E-state index is 12.1. The second kappa shape index (κ2) is 5.50. The average Bonchev–Trinajstić information content (AvgIpc) is 2.49. The average molecular weight is 287 g/mol. The largest absolute Gasteiger partial charge is 0.377 e. The van der Waals surface area contributed by atoms with Crippen LogP contribution in [-0.2, 0) is 11.8 Å². The Morgan fingerprint density at radius 3 is 2.90 bits per heavy atom.